The molecule has 0 radical (unpaired) electrons. The summed E-state index contributed by atoms with van der Waals surface area (Å²) in [5, 5.41) is 9.48. The molecule has 4 nitrogen and oxygen atoms in total. The van der Waals surface area contributed by atoms with Crippen LogP contribution in [-0.2, 0) is 4.74 Å². The van der Waals surface area contributed by atoms with Crippen LogP contribution in [0.2, 0.25) is 0 Å². The van der Waals surface area contributed by atoms with Gasteiger partial charge < -0.3 is 14.7 Å². The third kappa shape index (κ3) is 2.10. The van der Waals surface area contributed by atoms with E-state index < -0.39 is 6.10 Å². The van der Waals surface area contributed by atoms with Crippen molar-refractivity contribution in [2.45, 2.75) is 44.4 Å². The molecule has 0 spiro atoms. The smallest absolute Gasteiger partial charge is 0.0931 e. The molecule has 0 amide bonds. The van der Waals surface area contributed by atoms with Crippen molar-refractivity contribution < 1.29 is 9.84 Å². The maximum atomic E-state index is 9.48. The first-order valence-corrected chi connectivity index (χ1v) is 6.78. The summed E-state index contributed by atoms with van der Waals surface area (Å²) in [6.45, 7) is 3.49. The molecule has 1 aromatic rings. The average molecular weight is 248 g/mol. The fraction of sp³-hybridized carbons (Fsp3) is 0.643. The Bertz CT molecular complexity index is 405. The lowest BCUT2D eigenvalue weighted by molar-refractivity contribution is 0.0256. The Morgan fingerprint density at radius 2 is 2.33 bits per heavy atom. The Morgan fingerprint density at radius 3 is 3.06 bits per heavy atom. The zero-order valence-electron chi connectivity index (χ0n) is 10.7. The number of ether oxygens (including phenoxy) is 1. The monoisotopic (exact) mass is 248 g/mol. The Morgan fingerprint density at radius 1 is 1.44 bits per heavy atom. The van der Waals surface area contributed by atoms with Gasteiger partial charge in [-0.05, 0) is 38.3 Å². The van der Waals surface area contributed by atoms with Gasteiger partial charge in [-0.1, -0.05) is 0 Å². The summed E-state index contributed by atoms with van der Waals surface area (Å²) in [5.41, 5.74) is 1.88. The van der Waals surface area contributed by atoms with Crippen molar-refractivity contribution >= 4 is 5.69 Å². The number of hydrogen-bond acceptors (Lipinski definition) is 4. The van der Waals surface area contributed by atoms with Crippen molar-refractivity contribution in [3.63, 3.8) is 0 Å². The van der Waals surface area contributed by atoms with E-state index in [4.69, 9.17) is 4.74 Å². The van der Waals surface area contributed by atoms with Crippen molar-refractivity contribution in [3.05, 3.63) is 24.0 Å². The molecule has 4 heteroatoms. The van der Waals surface area contributed by atoms with Crippen LogP contribution in [0.1, 0.15) is 38.0 Å². The number of morpholine rings is 1. The molecule has 2 fully saturated rings. The largest absolute Gasteiger partial charge is 0.387 e. The number of rotatable bonds is 2. The van der Waals surface area contributed by atoms with Crippen molar-refractivity contribution in [1.82, 2.24) is 4.98 Å². The molecular weight excluding hydrogens is 228 g/mol. The Hall–Kier alpha value is -1.13. The van der Waals surface area contributed by atoms with Gasteiger partial charge in [0.15, 0.2) is 0 Å². The van der Waals surface area contributed by atoms with E-state index in [1.807, 2.05) is 12.3 Å². The van der Waals surface area contributed by atoms with Crippen LogP contribution in [0.4, 0.5) is 5.69 Å². The van der Waals surface area contributed by atoms with Crippen molar-refractivity contribution in [1.29, 1.82) is 0 Å². The molecule has 1 aromatic heterocycles. The summed E-state index contributed by atoms with van der Waals surface area (Å²) in [7, 11) is 0. The van der Waals surface area contributed by atoms with E-state index >= 15 is 0 Å². The first-order chi connectivity index (χ1) is 8.75. The highest BCUT2D eigenvalue weighted by Gasteiger charge is 2.36. The molecule has 3 atom stereocenters. The normalized spacial score (nSPS) is 29.1. The third-order valence-electron chi connectivity index (χ3n) is 4.01. The lowest BCUT2D eigenvalue weighted by Gasteiger charge is -2.39. The molecule has 1 saturated heterocycles. The molecule has 0 bridgehead atoms. The summed E-state index contributed by atoms with van der Waals surface area (Å²) in [6.07, 6.45) is 5.43. The molecule has 1 aliphatic carbocycles. The molecule has 3 unspecified atom stereocenters. The molecule has 1 N–H and O–H groups in total. The van der Waals surface area contributed by atoms with Crippen LogP contribution in [-0.4, -0.2) is 35.4 Å². The molecule has 98 valence electrons. The van der Waals surface area contributed by atoms with Gasteiger partial charge in [0.1, 0.15) is 0 Å². The van der Waals surface area contributed by atoms with E-state index in [1.165, 1.54) is 19.3 Å². The van der Waals surface area contributed by atoms with Gasteiger partial charge in [-0.3, -0.25) is 4.98 Å². The van der Waals surface area contributed by atoms with Crippen LogP contribution in [0.3, 0.4) is 0 Å². The number of pyridine rings is 1. The van der Waals surface area contributed by atoms with Gasteiger partial charge >= 0.3 is 0 Å². The van der Waals surface area contributed by atoms with Gasteiger partial charge in [0, 0.05) is 6.54 Å². The molecular formula is C14H20N2O2. The van der Waals surface area contributed by atoms with Crippen molar-refractivity contribution in [2.75, 3.05) is 18.1 Å². The topological polar surface area (TPSA) is 45.6 Å². The fourth-order valence-electron chi connectivity index (χ4n) is 3.06. The number of aliphatic hydroxyl groups excluding tert-OH is 1. The van der Waals surface area contributed by atoms with Crippen LogP contribution in [0.25, 0.3) is 0 Å². The first kappa shape index (κ1) is 11.9. The lowest BCUT2D eigenvalue weighted by atomic mass is 10.1. The molecule has 2 heterocycles. The summed E-state index contributed by atoms with van der Waals surface area (Å²) >= 11 is 0. The lowest BCUT2D eigenvalue weighted by Crippen LogP contribution is -2.48. The van der Waals surface area contributed by atoms with Crippen LogP contribution in [0, 0.1) is 0 Å². The maximum absolute atomic E-state index is 9.48. The maximum Gasteiger partial charge on any atom is 0.0931 e. The molecule has 3 rings (SSSR count). The first-order valence-electron chi connectivity index (χ1n) is 6.78. The summed E-state index contributed by atoms with van der Waals surface area (Å²) in [5.74, 6) is 0. The fourth-order valence-corrected chi connectivity index (χ4v) is 3.06. The number of hydrogen-bond donors (Lipinski definition) is 1. The molecule has 18 heavy (non-hydrogen) atoms. The minimum atomic E-state index is -0.497. The quantitative estimate of drug-likeness (QED) is 0.868. The zero-order chi connectivity index (χ0) is 12.5. The van der Waals surface area contributed by atoms with Gasteiger partial charge in [0.25, 0.3) is 0 Å². The summed E-state index contributed by atoms with van der Waals surface area (Å²) < 4.78 is 5.81. The highest BCUT2D eigenvalue weighted by molar-refractivity contribution is 5.47. The number of aromatic nitrogens is 1. The number of nitrogens with zero attached hydrogens (tertiary/aromatic N) is 2. The Kier molecular flexibility index (Phi) is 3.22. The average Bonchev–Trinajstić information content (AvgIpc) is 2.87. The van der Waals surface area contributed by atoms with Gasteiger partial charge in [0.05, 0.1) is 42.4 Å². The molecule has 1 saturated carbocycles. The highest BCUT2D eigenvalue weighted by atomic mass is 16.5. The minimum absolute atomic E-state index is 0.398. The van der Waals surface area contributed by atoms with E-state index in [-0.39, 0.29) is 0 Å². The standard InChI is InChI=1S/C14H20N2O2/c1-10(17)12-6-5-11(9-15-12)16-7-8-18-14-4-2-3-13(14)16/h5-6,9-10,13-14,17H,2-4,7-8H2,1H3. The van der Waals surface area contributed by atoms with Gasteiger partial charge in [-0.25, -0.2) is 0 Å². The second-order valence-corrected chi connectivity index (χ2v) is 5.22. The molecule has 1 aliphatic heterocycles. The van der Waals surface area contributed by atoms with E-state index in [0.717, 1.165) is 24.5 Å². The summed E-state index contributed by atoms with van der Waals surface area (Å²) in [4.78, 5) is 6.75. The van der Waals surface area contributed by atoms with Crippen LogP contribution >= 0.6 is 0 Å². The van der Waals surface area contributed by atoms with E-state index in [2.05, 4.69) is 16.0 Å². The van der Waals surface area contributed by atoms with Gasteiger partial charge in [0.2, 0.25) is 0 Å². The molecule has 0 aromatic carbocycles. The second kappa shape index (κ2) is 4.86. The Labute approximate surface area is 108 Å². The number of aliphatic hydroxyl groups is 1. The minimum Gasteiger partial charge on any atom is -0.387 e. The van der Waals surface area contributed by atoms with Gasteiger partial charge in [-0.2, -0.15) is 0 Å². The van der Waals surface area contributed by atoms with E-state index in [0.29, 0.717) is 12.1 Å². The number of fused-ring (bicyclic) bond motifs is 1. The SMILES string of the molecule is CC(O)c1ccc(N2CCOC3CCCC32)cn1. The predicted molar refractivity (Wildman–Crippen MR) is 69.6 cm³/mol. The predicted octanol–water partition coefficient (Wildman–Crippen LogP) is 1.89. The third-order valence-corrected chi connectivity index (χ3v) is 4.01. The number of anilines is 1. The van der Waals surface area contributed by atoms with Crippen LogP contribution < -0.4 is 4.90 Å². The Balaban J connectivity index is 1.80. The van der Waals surface area contributed by atoms with Crippen LogP contribution in [0.5, 0.6) is 0 Å². The van der Waals surface area contributed by atoms with Crippen molar-refractivity contribution in [3.8, 4) is 0 Å². The highest BCUT2D eigenvalue weighted by Crippen LogP contribution is 2.32. The van der Waals surface area contributed by atoms with Crippen molar-refractivity contribution in [2.24, 2.45) is 0 Å². The van der Waals surface area contributed by atoms with Crippen LogP contribution in [0.15, 0.2) is 18.3 Å². The zero-order valence-corrected chi connectivity index (χ0v) is 10.7. The van der Waals surface area contributed by atoms with E-state index in [9.17, 15) is 5.11 Å². The van der Waals surface area contributed by atoms with E-state index in [1.54, 1.807) is 6.92 Å². The molecule has 2 aliphatic rings. The second-order valence-electron chi connectivity index (χ2n) is 5.22. The summed E-state index contributed by atoms with van der Waals surface area (Å²) in [6, 6.07) is 4.49. The van der Waals surface area contributed by atoms with Gasteiger partial charge in [-0.15, -0.1) is 0 Å².